The number of aryl methyl sites for hydroxylation is 1. The number of carboxylic acid groups (broad SMARTS) is 1. The standard InChI is InChI=1S/C28H32ClF2N5O2/c1-3-18-15-27(26(37)38,16-22-21(30)8-9-23(32-22)33-24-14-17(2)34-35-24)12-13-36(18)28(10-5-11-28)19-6-4-7-20(29)25(19)31/h4,6-9,14,18H,3,5,10-13,15-16H2,1-2H3,(H,37,38)(H2,32,33,34,35)/t18-,27-/m1/s1. The number of benzene rings is 1. The van der Waals surface area contributed by atoms with E-state index < -0.39 is 28.6 Å². The lowest BCUT2D eigenvalue weighted by molar-refractivity contribution is -0.158. The fraction of sp³-hybridized carbons (Fsp3) is 0.464. The summed E-state index contributed by atoms with van der Waals surface area (Å²) in [5.74, 6) is -0.973. The van der Waals surface area contributed by atoms with Crippen LogP contribution in [0.1, 0.15) is 62.4 Å². The minimum absolute atomic E-state index is 0.0356. The molecule has 2 fully saturated rings. The van der Waals surface area contributed by atoms with E-state index in [1.807, 2.05) is 13.8 Å². The van der Waals surface area contributed by atoms with Gasteiger partial charge in [-0.3, -0.25) is 14.8 Å². The normalized spacial score (nSPS) is 23.1. The van der Waals surface area contributed by atoms with Gasteiger partial charge in [0.05, 0.1) is 16.1 Å². The fourth-order valence-electron chi connectivity index (χ4n) is 6.24. The zero-order valence-corrected chi connectivity index (χ0v) is 22.3. The van der Waals surface area contributed by atoms with Crippen LogP contribution in [0.3, 0.4) is 0 Å². The van der Waals surface area contributed by atoms with E-state index in [9.17, 15) is 14.3 Å². The summed E-state index contributed by atoms with van der Waals surface area (Å²) >= 11 is 6.14. The summed E-state index contributed by atoms with van der Waals surface area (Å²) in [7, 11) is 0. The zero-order chi connectivity index (χ0) is 27.1. The number of carboxylic acids is 1. The minimum Gasteiger partial charge on any atom is -0.481 e. The Kier molecular flexibility index (Phi) is 7.17. The first-order valence-electron chi connectivity index (χ1n) is 13.1. The first-order chi connectivity index (χ1) is 18.2. The number of hydrogen-bond donors (Lipinski definition) is 3. The van der Waals surface area contributed by atoms with Gasteiger partial charge in [0.15, 0.2) is 5.82 Å². The Hall–Kier alpha value is -3.04. The van der Waals surface area contributed by atoms with Crippen LogP contribution in [-0.2, 0) is 16.8 Å². The van der Waals surface area contributed by atoms with E-state index in [2.05, 4.69) is 25.4 Å². The number of likely N-dealkylation sites (tertiary alicyclic amines) is 1. The highest BCUT2D eigenvalue weighted by Crippen LogP contribution is 2.53. The van der Waals surface area contributed by atoms with Crippen LogP contribution in [0.2, 0.25) is 5.02 Å². The number of nitrogens with zero attached hydrogens (tertiary/aromatic N) is 3. The first-order valence-corrected chi connectivity index (χ1v) is 13.4. The number of carbonyl (C=O) groups is 1. The van der Waals surface area contributed by atoms with Gasteiger partial charge in [-0.25, -0.2) is 13.8 Å². The quantitative estimate of drug-likeness (QED) is 0.306. The van der Waals surface area contributed by atoms with Gasteiger partial charge in [-0.05, 0) is 63.6 Å². The molecule has 38 heavy (non-hydrogen) atoms. The molecule has 1 aliphatic carbocycles. The molecule has 0 radical (unpaired) electrons. The van der Waals surface area contributed by atoms with Gasteiger partial charge in [0.1, 0.15) is 17.5 Å². The van der Waals surface area contributed by atoms with Crippen molar-refractivity contribution in [3.63, 3.8) is 0 Å². The van der Waals surface area contributed by atoms with Crippen molar-refractivity contribution in [1.82, 2.24) is 20.1 Å². The third-order valence-corrected chi connectivity index (χ3v) is 8.69. The molecule has 3 heterocycles. The van der Waals surface area contributed by atoms with Crippen molar-refractivity contribution in [2.45, 2.75) is 70.4 Å². The number of nitrogens with one attached hydrogen (secondary N) is 2. The molecule has 2 aromatic heterocycles. The molecule has 0 unspecified atom stereocenters. The highest BCUT2D eigenvalue weighted by Gasteiger charge is 2.54. The second-order valence-electron chi connectivity index (χ2n) is 10.6. The van der Waals surface area contributed by atoms with Crippen molar-refractivity contribution in [2.75, 3.05) is 11.9 Å². The second kappa shape index (κ2) is 10.3. The number of hydrogen-bond acceptors (Lipinski definition) is 5. The summed E-state index contributed by atoms with van der Waals surface area (Å²) < 4.78 is 30.1. The van der Waals surface area contributed by atoms with Gasteiger partial charge in [-0.15, -0.1) is 0 Å². The molecule has 1 saturated carbocycles. The van der Waals surface area contributed by atoms with Gasteiger partial charge >= 0.3 is 5.97 Å². The number of pyridine rings is 1. The molecule has 0 bridgehead atoms. The van der Waals surface area contributed by atoms with E-state index in [4.69, 9.17) is 11.6 Å². The third-order valence-electron chi connectivity index (χ3n) is 8.39. The maximum Gasteiger partial charge on any atom is 0.310 e. The number of rotatable bonds is 8. The molecule has 3 aromatic rings. The van der Waals surface area contributed by atoms with Gasteiger partial charge in [0, 0.05) is 41.9 Å². The second-order valence-corrected chi connectivity index (χ2v) is 11.1. The molecule has 0 spiro atoms. The smallest absolute Gasteiger partial charge is 0.310 e. The Balaban J connectivity index is 1.42. The monoisotopic (exact) mass is 543 g/mol. The van der Waals surface area contributed by atoms with Gasteiger partial charge in [0.25, 0.3) is 0 Å². The van der Waals surface area contributed by atoms with Crippen LogP contribution < -0.4 is 5.32 Å². The molecule has 1 aromatic carbocycles. The Morgan fingerprint density at radius 1 is 1.24 bits per heavy atom. The van der Waals surface area contributed by atoms with Crippen LogP contribution >= 0.6 is 11.6 Å². The summed E-state index contributed by atoms with van der Waals surface area (Å²) in [5.41, 5.74) is -0.150. The van der Waals surface area contributed by atoms with Crippen molar-refractivity contribution in [3.05, 3.63) is 70.0 Å². The highest BCUT2D eigenvalue weighted by atomic mass is 35.5. The Labute approximate surface area is 225 Å². The first kappa shape index (κ1) is 26.6. The number of anilines is 2. The average molecular weight is 544 g/mol. The molecule has 1 aliphatic heterocycles. The van der Waals surface area contributed by atoms with Crippen LogP contribution in [-0.4, -0.2) is 43.7 Å². The number of piperidine rings is 1. The third kappa shape index (κ3) is 4.66. The van der Waals surface area contributed by atoms with Crippen molar-refractivity contribution < 1.29 is 18.7 Å². The van der Waals surface area contributed by atoms with Gasteiger partial charge < -0.3 is 10.4 Å². The van der Waals surface area contributed by atoms with Gasteiger partial charge in [0.2, 0.25) is 0 Å². The molecular formula is C28H32ClF2N5O2. The van der Waals surface area contributed by atoms with Crippen molar-refractivity contribution in [2.24, 2.45) is 5.41 Å². The van der Waals surface area contributed by atoms with Gasteiger partial charge in [-0.2, -0.15) is 5.10 Å². The highest BCUT2D eigenvalue weighted by molar-refractivity contribution is 6.30. The number of aromatic amines is 1. The summed E-state index contributed by atoms with van der Waals surface area (Å²) in [4.78, 5) is 19.5. The molecule has 0 amide bonds. The van der Waals surface area contributed by atoms with Crippen LogP contribution in [0.15, 0.2) is 36.4 Å². The van der Waals surface area contributed by atoms with Crippen LogP contribution in [0, 0.1) is 24.0 Å². The molecule has 2 aliphatic rings. The predicted octanol–water partition coefficient (Wildman–Crippen LogP) is 6.36. The Morgan fingerprint density at radius 3 is 2.66 bits per heavy atom. The lowest BCUT2D eigenvalue weighted by Gasteiger charge is -2.57. The fourth-order valence-corrected chi connectivity index (χ4v) is 6.41. The minimum atomic E-state index is -1.19. The molecular weight excluding hydrogens is 512 g/mol. The summed E-state index contributed by atoms with van der Waals surface area (Å²) in [6.45, 7) is 4.34. The van der Waals surface area contributed by atoms with Crippen LogP contribution in [0.4, 0.5) is 20.4 Å². The lowest BCUT2D eigenvalue weighted by atomic mass is 9.65. The number of aliphatic carboxylic acids is 1. The number of halogens is 3. The SMILES string of the molecule is CC[C@@H]1C[C@](Cc2nc(Nc3cc(C)[nH]n3)ccc2F)(C(=O)O)CCN1C1(c2cccc(Cl)c2F)CCC1. The summed E-state index contributed by atoms with van der Waals surface area (Å²) in [6.07, 6.45) is 3.82. The van der Waals surface area contributed by atoms with E-state index in [1.165, 1.54) is 12.1 Å². The molecule has 3 N–H and O–H groups in total. The largest absolute Gasteiger partial charge is 0.481 e. The van der Waals surface area contributed by atoms with Crippen molar-refractivity contribution >= 4 is 29.2 Å². The predicted molar refractivity (Wildman–Crippen MR) is 142 cm³/mol. The summed E-state index contributed by atoms with van der Waals surface area (Å²) in [6, 6.07) is 9.61. The average Bonchev–Trinajstić information content (AvgIpc) is 3.28. The topological polar surface area (TPSA) is 94.1 Å². The van der Waals surface area contributed by atoms with E-state index >= 15 is 4.39 Å². The van der Waals surface area contributed by atoms with Crippen LogP contribution in [0.5, 0.6) is 0 Å². The molecule has 10 heteroatoms. The lowest BCUT2D eigenvalue weighted by Crippen LogP contribution is -2.61. The van der Waals surface area contributed by atoms with Crippen molar-refractivity contribution in [1.29, 1.82) is 0 Å². The number of H-pyrrole nitrogens is 1. The Bertz CT molecular complexity index is 1340. The maximum absolute atomic E-state index is 15.2. The zero-order valence-electron chi connectivity index (χ0n) is 21.5. The van der Waals surface area contributed by atoms with E-state index in [-0.39, 0.29) is 23.2 Å². The molecule has 7 nitrogen and oxygen atoms in total. The number of aromatic nitrogens is 3. The molecule has 1 saturated heterocycles. The molecule has 5 rings (SSSR count). The maximum atomic E-state index is 15.2. The Morgan fingerprint density at radius 2 is 2.03 bits per heavy atom. The van der Waals surface area contributed by atoms with E-state index in [0.29, 0.717) is 43.0 Å². The van der Waals surface area contributed by atoms with Gasteiger partial charge in [-0.1, -0.05) is 30.7 Å². The van der Waals surface area contributed by atoms with E-state index in [1.54, 1.807) is 24.3 Å². The molecule has 202 valence electrons. The van der Waals surface area contributed by atoms with Crippen molar-refractivity contribution in [3.8, 4) is 0 Å². The van der Waals surface area contributed by atoms with E-state index in [0.717, 1.165) is 25.0 Å². The molecule has 2 atom stereocenters. The summed E-state index contributed by atoms with van der Waals surface area (Å²) in [5, 5.41) is 20.5. The van der Waals surface area contributed by atoms with Crippen LogP contribution in [0.25, 0.3) is 0 Å².